The first-order valence-electron chi connectivity index (χ1n) is 11.4. The number of sulfonamides is 1. The predicted molar refractivity (Wildman–Crippen MR) is 119 cm³/mol. The van der Waals surface area contributed by atoms with Crippen molar-refractivity contribution in [2.75, 3.05) is 26.3 Å². The second kappa shape index (κ2) is 9.03. The van der Waals surface area contributed by atoms with E-state index in [4.69, 9.17) is 4.74 Å². The Bertz CT molecular complexity index is 1060. The molecule has 0 bridgehead atoms. The quantitative estimate of drug-likeness (QED) is 0.617. The van der Waals surface area contributed by atoms with Gasteiger partial charge in [0.1, 0.15) is 5.54 Å². The van der Waals surface area contributed by atoms with Crippen LogP contribution in [0.5, 0.6) is 0 Å². The van der Waals surface area contributed by atoms with E-state index in [1.54, 1.807) is 6.07 Å². The number of amides is 4. The lowest BCUT2D eigenvalue weighted by Gasteiger charge is -2.33. The summed E-state index contributed by atoms with van der Waals surface area (Å²) in [5, 5.41) is 3.48. The van der Waals surface area contributed by atoms with Crippen molar-refractivity contribution in [2.24, 2.45) is 5.92 Å². The van der Waals surface area contributed by atoms with Gasteiger partial charge in [0, 0.05) is 18.7 Å². The van der Waals surface area contributed by atoms with Gasteiger partial charge in [0.05, 0.1) is 18.1 Å². The van der Waals surface area contributed by atoms with Crippen LogP contribution < -0.4 is 10.7 Å². The van der Waals surface area contributed by atoms with Crippen molar-refractivity contribution in [2.45, 2.75) is 56.4 Å². The molecular weight excluding hydrogens is 448 g/mol. The molecule has 10 nitrogen and oxygen atoms in total. The molecule has 1 aliphatic carbocycles. The van der Waals surface area contributed by atoms with E-state index in [2.05, 4.69) is 17.7 Å². The highest BCUT2D eigenvalue weighted by atomic mass is 32.2. The minimum Gasteiger partial charge on any atom is -0.379 e. The summed E-state index contributed by atoms with van der Waals surface area (Å²) in [5.41, 5.74) is 2.04. The molecule has 2 N–H and O–H groups in total. The zero-order valence-corrected chi connectivity index (χ0v) is 19.7. The Morgan fingerprint density at radius 1 is 1.21 bits per heavy atom. The van der Waals surface area contributed by atoms with Crippen LogP contribution >= 0.6 is 0 Å². The molecule has 3 fully saturated rings. The lowest BCUT2D eigenvalue weighted by atomic mass is 9.77. The number of carbonyl (C=O) groups is 3. The summed E-state index contributed by atoms with van der Waals surface area (Å²) in [6.45, 7) is 5.05. The summed E-state index contributed by atoms with van der Waals surface area (Å²) in [4.78, 5) is 38.5. The largest absolute Gasteiger partial charge is 0.379 e. The van der Waals surface area contributed by atoms with Gasteiger partial charge in [-0.2, -0.15) is 9.31 Å². The number of urea groups is 1. The molecule has 1 aromatic rings. The standard InChI is InChI=1S/C22H30N4O6S/c1-3-16-4-5-17(14-18(16)33(30,31)25-10-12-32-13-11-25)19(27)24-26-20(28)22(23-21(26)29)8-6-15(2)7-9-22/h4-5,14-15H,3,6-13H2,1-2H3,(H,23,29)(H,24,27). The molecule has 0 radical (unpaired) electrons. The molecule has 33 heavy (non-hydrogen) atoms. The maximum atomic E-state index is 13.2. The van der Waals surface area contributed by atoms with Gasteiger partial charge in [-0.05, 0) is 55.7 Å². The van der Waals surface area contributed by atoms with Crippen LogP contribution in [0.2, 0.25) is 0 Å². The molecule has 4 rings (SSSR count). The van der Waals surface area contributed by atoms with E-state index in [0.29, 0.717) is 44.0 Å². The Morgan fingerprint density at radius 2 is 1.88 bits per heavy atom. The van der Waals surface area contributed by atoms with Gasteiger partial charge in [-0.1, -0.05) is 19.9 Å². The number of rotatable bonds is 5. The Labute approximate surface area is 193 Å². The number of nitrogens with zero attached hydrogens (tertiary/aromatic N) is 2. The second-order valence-corrected chi connectivity index (χ2v) is 10.9. The third kappa shape index (κ3) is 4.36. The van der Waals surface area contributed by atoms with Crippen LogP contribution in [-0.2, 0) is 26.0 Å². The maximum absolute atomic E-state index is 13.2. The molecule has 1 aromatic carbocycles. The molecule has 11 heteroatoms. The molecule has 4 amide bonds. The van der Waals surface area contributed by atoms with Crippen LogP contribution in [0.4, 0.5) is 4.79 Å². The zero-order chi connectivity index (χ0) is 23.8. The van der Waals surface area contributed by atoms with Gasteiger partial charge in [-0.15, -0.1) is 0 Å². The first-order valence-corrected chi connectivity index (χ1v) is 12.8. The molecule has 2 aliphatic heterocycles. The molecule has 2 saturated heterocycles. The van der Waals surface area contributed by atoms with Crippen molar-refractivity contribution in [3.63, 3.8) is 0 Å². The van der Waals surface area contributed by atoms with Crippen molar-refractivity contribution in [3.8, 4) is 0 Å². The fourth-order valence-corrected chi connectivity index (χ4v) is 6.36. The number of hydrazine groups is 1. The van der Waals surface area contributed by atoms with E-state index in [1.807, 2.05) is 6.92 Å². The van der Waals surface area contributed by atoms with E-state index in [-0.39, 0.29) is 23.5 Å². The number of carbonyl (C=O) groups excluding carboxylic acids is 3. The molecule has 1 saturated carbocycles. The summed E-state index contributed by atoms with van der Waals surface area (Å²) in [7, 11) is -3.82. The first-order chi connectivity index (χ1) is 15.7. The van der Waals surface area contributed by atoms with Crippen LogP contribution in [0.15, 0.2) is 23.1 Å². The SMILES string of the molecule is CCc1ccc(C(=O)NN2C(=O)NC3(CCC(C)CC3)C2=O)cc1S(=O)(=O)N1CCOCC1. The van der Waals surface area contributed by atoms with Gasteiger partial charge < -0.3 is 10.1 Å². The lowest BCUT2D eigenvalue weighted by Crippen LogP contribution is -2.51. The minimum atomic E-state index is -3.82. The molecule has 3 aliphatic rings. The van der Waals surface area contributed by atoms with Gasteiger partial charge >= 0.3 is 6.03 Å². The number of hydrogen-bond donors (Lipinski definition) is 2. The fourth-order valence-electron chi connectivity index (χ4n) is 4.64. The molecule has 2 heterocycles. The van der Waals surface area contributed by atoms with Gasteiger partial charge in [0.2, 0.25) is 10.0 Å². The average molecular weight is 479 g/mol. The van der Waals surface area contributed by atoms with E-state index >= 15 is 0 Å². The van der Waals surface area contributed by atoms with Crippen molar-refractivity contribution in [3.05, 3.63) is 29.3 Å². The molecule has 0 unspecified atom stereocenters. The van der Waals surface area contributed by atoms with E-state index in [0.717, 1.165) is 17.9 Å². The summed E-state index contributed by atoms with van der Waals surface area (Å²) < 4.78 is 33.1. The lowest BCUT2D eigenvalue weighted by molar-refractivity contribution is -0.134. The third-order valence-electron chi connectivity index (χ3n) is 6.80. The van der Waals surface area contributed by atoms with E-state index in [9.17, 15) is 22.8 Å². The predicted octanol–water partition coefficient (Wildman–Crippen LogP) is 1.42. The zero-order valence-electron chi connectivity index (χ0n) is 18.9. The smallest absolute Gasteiger partial charge is 0.344 e. The van der Waals surface area contributed by atoms with Gasteiger partial charge in [0.25, 0.3) is 11.8 Å². The van der Waals surface area contributed by atoms with Gasteiger partial charge in [0.15, 0.2) is 0 Å². The first kappa shape index (κ1) is 23.7. The fraction of sp³-hybridized carbons (Fsp3) is 0.591. The van der Waals surface area contributed by atoms with E-state index < -0.39 is 33.4 Å². The molecule has 180 valence electrons. The number of morpholine rings is 1. The molecule has 0 atom stereocenters. The van der Waals surface area contributed by atoms with E-state index in [1.165, 1.54) is 16.4 Å². The number of ether oxygens (including phenoxy) is 1. The number of imide groups is 1. The minimum absolute atomic E-state index is 0.0505. The van der Waals surface area contributed by atoms with Crippen LogP contribution in [0.1, 0.15) is 55.5 Å². The summed E-state index contributed by atoms with van der Waals surface area (Å²) in [5.74, 6) is -0.715. The topological polar surface area (TPSA) is 125 Å². The second-order valence-electron chi connectivity index (χ2n) is 8.97. The van der Waals surface area contributed by atoms with Crippen LogP contribution in [0.3, 0.4) is 0 Å². The van der Waals surface area contributed by atoms with Crippen LogP contribution in [-0.4, -0.2) is 67.4 Å². The highest BCUT2D eigenvalue weighted by Gasteiger charge is 2.53. The molecule has 0 aromatic heterocycles. The van der Waals surface area contributed by atoms with Gasteiger partial charge in [-0.3, -0.25) is 15.0 Å². The van der Waals surface area contributed by atoms with Crippen molar-refractivity contribution in [1.82, 2.24) is 20.1 Å². The third-order valence-corrected chi connectivity index (χ3v) is 8.78. The number of aryl methyl sites for hydroxylation is 1. The Morgan fingerprint density at radius 3 is 2.52 bits per heavy atom. The number of hydrogen-bond acceptors (Lipinski definition) is 6. The van der Waals surface area contributed by atoms with Crippen LogP contribution in [0.25, 0.3) is 0 Å². The molecule has 1 spiro atoms. The molecular formula is C22H30N4O6S. The highest BCUT2D eigenvalue weighted by molar-refractivity contribution is 7.89. The Balaban J connectivity index is 1.56. The highest BCUT2D eigenvalue weighted by Crippen LogP contribution is 2.36. The van der Waals surface area contributed by atoms with Gasteiger partial charge in [-0.25, -0.2) is 13.2 Å². The normalized spacial score (nSPS) is 26.5. The number of benzene rings is 1. The summed E-state index contributed by atoms with van der Waals surface area (Å²) in [6.07, 6.45) is 3.15. The summed E-state index contributed by atoms with van der Waals surface area (Å²) in [6, 6.07) is 3.74. The number of nitrogens with one attached hydrogen (secondary N) is 2. The average Bonchev–Trinajstić information content (AvgIpc) is 3.05. The monoisotopic (exact) mass is 478 g/mol. The van der Waals surface area contributed by atoms with Crippen molar-refractivity contribution < 1.29 is 27.5 Å². The van der Waals surface area contributed by atoms with Crippen molar-refractivity contribution in [1.29, 1.82) is 0 Å². The van der Waals surface area contributed by atoms with Crippen molar-refractivity contribution >= 4 is 27.9 Å². The Hall–Kier alpha value is -2.50. The van der Waals surface area contributed by atoms with Crippen LogP contribution in [0, 0.1) is 5.92 Å². The maximum Gasteiger partial charge on any atom is 0.344 e. The summed E-state index contributed by atoms with van der Waals surface area (Å²) >= 11 is 0. The Kier molecular flexibility index (Phi) is 6.47.